The highest BCUT2D eigenvalue weighted by atomic mass is 16.6. The second-order valence-corrected chi connectivity index (χ2v) is 4.17. The van der Waals surface area contributed by atoms with Crippen LogP contribution in [0.4, 0.5) is 11.4 Å². The van der Waals surface area contributed by atoms with Crippen molar-refractivity contribution in [1.82, 2.24) is 9.97 Å². The lowest BCUT2D eigenvalue weighted by Crippen LogP contribution is -1.97. The van der Waals surface area contributed by atoms with Crippen molar-refractivity contribution in [2.75, 3.05) is 0 Å². The molecule has 0 radical (unpaired) electrons. The van der Waals surface area contributed by atoms with E-state index >= 15 is 0 Å². The SMILES string of the molecule is Cc1ncc(-c2cnc(C)c([N+](=O)[O-])c2)cc1[N+](=O)[O-]. The number of rotatable bonds is 3. The highest BCUT2D eigenvalue weighted by Crippen LogP contribution is 2.28. The van der Waals surface area contributed by atoms with Crippen molar-refractivity contribution in [3.8, 4) is 11.1 Å². The maximum atomic E-state index is 10.9. The van der Waals surface area contributed by atoms with Gasteiger partial charge in [-0.05, 0) is 13.8 Å². The molecule has 2 rings (SSSR count). The average molecular weight is 274 g/mol. The second kappa shape index (κ2) is 5.00. The fourth-order valence-corrected chi connectivity index (χ4v) is 1.73. The van der Waals surface area contributed by atoms with Crippen LogP contribution in [-0.4, -0.2) is 19.8 Å². The molecule has 0 saturated heterocycles. The lowest BCUT2D eigenvalue weighted by Gasteiger charge is -2.04. The Hall–Kier alpha value is -2.90. The van der Waals surface area contributed by atoms with Crippen LogP contribution in [0.5, 0.6) is 0 Å². The van der Waals surface area contributed by atoms with Crippen molar-refractivity contribution < 1.29 is 9.85 Å². The smallest absolute Gasteiger partial charge is 0.258 e. The van der Waals surface area contributed by atoms with Crippen LogP contribution in [0.2, 0.25) is 0 Å². The van der Waals surface area contributed by atoms with E-state index in [0.29, 0.717) is 11.1 Å². The Balaban J connectivity index is 2.57. The average Bonchev–Trinajstić information content (AvgIpc) is 2.39. The Bertz CT molecular complexity index is 653. The van der Waals surface area contributed by atoms with E-state index in [1.165, 1.54) is 38.4 Å². The minimum atomic E-state index is -0.540. The lowest BCUT2D eigenvalue weighted by molar-refractivity contribution is -0.386. The van der Waals surface area contributed by atoms with Crippen molar-refractivity contribution >= 4 is 11.4 Å². The van der Waals surface area contributed by atoms with Gasteiger partial charge in [0.15, 0.2) is 0 Å². The molecule has 0 amide bonds. The molecule has 0 saturated carbocycles. The van der Waals surface area contributed by atoms with Gasteiger partial charge in [0.1, 0.15) is 11.4 Å². The predicted molar refractivity (Wildman–Crippen MR) is 70.3 cm³/mol. The molecule has 2 aromatic heterocycles. The van der Waals surface area contributed by atoms with Crippen molar-refractivity contribution in [3.63, 3.8) is 0 Å². The van der Waals surface area contributed by atoms with E-state index in [1.54, 1.807) is 0 Å². The molecule has 8 nitrogen and oxygen atoms in total. The molecule has 2 heterocycles. The van der Waals surface area contributed by atoms with Gasteiger partial charge >= 0.3 is 0 Å². The Morgan fingerprint density at radius 2 is 1.20 bits per heavy atom. The predicted octanol–water partition coefficient (Wildman–Crippen LogP) is 2.58. The fourth-order valence-electron chi connectivity index (χ4n) is 1.73. The summed E-state index contributed by atoms with van der Waals surface area (Å²) >= 11 is 0. The monoisotopic (exact) mass is 274 g/mol. The first kappa shape index (κ1) is 13.5. The van der Waals surface area contributed by atoms with Gasteiger partial charge in [-0.15, -0.1) is 0 Å². The molecule has 102 valence electrons. The summed E-state index contributed by atoms with van der Waals surface area (Å²) in [6.07, 6.45) is 2.86. The van der Waals surface area contributed by atoms with Crippen molar-refractivity contribution in [1.29, 1.82) is 0 Å². The highest BCUT2D eigenvalue weighted by Gasteiger charge is 2.17. The van der Waals surface area contributed by atoms with Gasteiger partial charge in [-0.2, -0.15) is 0 Å². The first-order chi connectivity index (χ1) is 9.40. The van der Waals surface area contributed by atoms with Gasteiger partial charge in [0, 0.05) is 35.7 Å². The van der Waals surface area contributed by atoms with Crippen LogP contribution >= 0.6 is 0 Å². The number of aromatic nitrogens is 2. The number of hydrogen-bond acceptors (Lipinski definition) is 6. The molecule has 0 atom stereocenters. The van der Waals surface area contributed by atoms with Gasteiger partial charge < -0.3 is 0 Å². The van der Waals surface area contributed by atoms with Crippen LogP contribution in [0, 0.1) is 34.1 Å². The molecule has 0 N–H and O–H groups in total. The Morgan fingerprint density at radius 1 is 0.850 bits per heavy atom. The molecule has 0 bridgehead atoms. The summed E-state index contributed by atoms with van der Waals surface area (Å²) < 4.78 is 0. The summed E-state index contributed by atoms with van der Waals surface area (Å²) in [5.41, 5.74) is 1.13. The molecule has 0 spiro atoms. The second-order valence-electron chi connectivity index (χ2n) is 4.17. The molecule has 0 fully saturated rings. The van der Waals surface area contributed by atoms with Crippen LogP contribution in [-0.2, 0) is 0 Å². The van der Waals surface area contributed by atoms with Crippen molar-refractivity contribution in [2.45, 2.75) is 13.8 Å². The molecule has 0 aliphatic rings. The highest BCUT2D eigenvalue weighted by molar-refractivity contribution is 5.67. The first-order valence-corrected chi connectivity index (χ1v) is 5.62. The zero-order valence-electron chi connectivity index (χ0n) is 10.7. The minimum Gasteiger partial charge on any atom is -0.258 e. The van der Waals surface area contributed by atoms with Crippen LogP contribution in [0.3, 0.4) is 0 Å². The maximum Gasteiger partial charge on any atom is 0.291 e. The Labute approximate surface area is 113 Å². The minimum absolute atomic E-state index is 0.134. The summed E-state index contributed by atoms with van der Waals surface area (Å²) in [7, 11) is 0. The zero-order chi connectivity index (χ0) is 14.9. The van der Waals surface area contributed by atoms with E-state index < -0.39 is 9.85 Å². The van der Waals surface area contributed by atoms with Crippen molar-refractivity contribution in [2.24, 2.45) is 0 Å². The summed E-state index contributed by atoms with van der Waals surface area (Å²) in [5, 5.41) is 21.8. The normalized spacial score (nSPS) is 10.3. The zero-order valence-corrected chi connectivity index (χ0v) is 10.7. The van der Waals surface area contributed by atoms with Crippen LogP contribution in [0.1, 0.15) is 11.4 Å². The largest absolute Gasteiger partial charge is 0.291 e. The first-order valence-electron chi connectivity index (χ1n) is 5.62. The Kier molecular flexibility index (Phi) is 3.38. The van der Waals surface area contributed by atoms with Gasteiger partial charge in [0.2, 0.25) is 0 Å². The molecular formula is C12H10N4O4. The summed E-state index contributed by atoms with van der Waals surface area (Å²) in [6.45, 7) is 3.05. The molecule has 20 heavy (non-hydrogen) atoms. The molecule has 0 aliphatic carbocycles. The maximum absolute atomic E-state index is 10.9. The van der Waals surface area contributed by atoms with E-state index in [9.17, 15) is 20.2 Å². The molecule has 8 heteroatoms. The lowest BCUT2D eigenvalue weighted by atomic mass is 10.1. The third-order valence-electron chi connectivity index (χ3n) is 2.85. The summed E-state index contributed by atoms with van der Waals surface area (Å²) in [5.74, 6) is 0. The van der Waals surface area contributed by atoms with Gasteiger partial charge in [-0.3, -0.25) is 30.2 Å². The van der Waals surface area contributed by atoms with Crippen LogP contribution in [0.25, 0.3) is 11.1 Å². The van der Waals surface area contributed by atoms with E-state index in [4.69, 9.17) is 0 Å². The topological polar surface area (TPSA) is 112 Å². The number of hydrogen-bond donors (Lipinski definition) is 0. The number of aryl methyl sites for hydroxylation is 2. The molecule has 0 aliphatic heterocycles. The number of nitrogens with zero attached hydrogens (tertiary/aromatic N) is 4. The third-order valence-corrected chi connectivity index (χ3v) is 2.85. The van der Waals surface area contributed by atoms with Gasteiger partial charge in [0.05, 0.1) is 9.85 Å². The molecule has 0 aromatic carbocycles. The quantitative estimate of drug-likeness (QED) is 0.628. The van der Waals surface area contributed by atoms with E-state index in [-0.39, 0.29) is 22.8 Å². The summed E-state index contributed by atoms with van der Waals surface area (Å²) in [4.78, 5) is 28.5. The van der Waals surface area contributed by atoms with Crippen molar-refractivity contribution in [3.05, 3.63) is 56.1 Å². The van der Waals surface area contributed by atoms with E-state index in [2.05, 4.69) is 9.97 Å². The van der Waals surface area contributed by atoms with Gasteiger partial charge in [-0.25, -0.2) is 0 Å². The Morgan fingerprint density at radius 3 is 1.50 bits per heavy atom. The number of pyridine rings is 2. The molecule has 0 unspecified atom stereocenters. The standard InChI is InChI=1S/C12H10N4O4/c1-7-11(15(17)18)3-9(5-13-7)10-4-12(16(19)20)8(2)14-6-10/h3-6H,1-2H3. The molecular weight excluding hydrogens is 264 g/mol. The van der Waals surface area contributed by atoms with Gasteiger partial charge in [-0.1, -0.05) is 0 Å². The van der Waals surface area contributed by atoms with E-state index in [0.717, 1.165) is 0 Å². The summed E-state index contributed by atoms with van der Waals surface area (Å²) in [6, 6.07) is 2.66. The third kappa shape index (κ3) is 2.44. The van der Waals surface area contributed by atoms with Gasteiger partial charge in [0.25, 0.3) is 11.4 Å². The van der Waals surface area contributed by atoms with Crippen LogP contribution in [0.15, 0.2) is 24.5 Å². The van der Waals surface area contributed by atoms with E-state index in [1.807, 2.05) is 0 Å². The number of nitro groups is 2. The van der Waals surface area contributed by atoms with Crippen LogP contribution < -0.4 is 0 Å². The fraction of sp³-hybridized carbons (Fsp3) is 0.167. The molecule has 2 aromatic rings.